The number of ether oxygens (including phenoxy) is 1. The first-order chi connectivity index (χ1) is 8.97. The summed E-state index contributed by atoms with van der Waals surface area (Å²) >= 11 is 0. The highest BCUT2D eigenvalue weighted by Gasteiger charge is 2.18. The number of nitrogens with two attached hydrogens (primary N) is 1. The molecule has 1 aromatic rings. The van der Waals surface area contributed by atoms with Gasteiger partial charge in [-0.15, -0.1) is 0 Å². The standard InChI is InChI=1S/C13H21N3O3/c1-4-19-7-10(8(2)3)16-12-11(14)9(13(17)18)5-6-15-12/h5-6,8,10H,4,7,14H2,1-3H3,(H,15,16)(H,17,18). The minimum atomic E-state index is -1.06. The highest BCUT2D eigenvalue weighted by molar-refractivity contribution is 5.96. The third-order valence-electron chi connectivity index (χ3n) is 2.85. The van der Waals surface area contributed by atoms with Crippen LogP contribution in [0.1, 0.15) is 31.1 Å². The van der Waals surface area contributed by atoms with Crippen LogP contribution < -0.4 is 11.1 Å². The number of pyridine rings is 1. The summed E-state index contributed by atoms with van der Waals surface area (Å²) < 4.78 is 5.40. The predicted molar refractivity (Wildman–Crippen MR) is 74.4 cm³/mol. The van der Waals surface area contributed by atoms with Crippen LogP contribution in [-0.4, -0.2) is 35.3 Å². The molecule has 0 fully saturated rings. The van der Waals surface area contributed by atoms with Gasteiger partial charge in [0.15, 0.2) is 0 Å². The zero-order chi connectivity index (χ0) is 14.4. The fourth-order valence-electron chi connectivity index (χ4n) is 1.60. The van der Waals surface area contributed by atoms with Crippen molar-refractivity contribution >= 4 is 17.5 Å². The van der Waals surface area contributed by atoms with Crippen molar-refractivity contribution in [3.63, 3.8) is 0 Å². The van der Waals surface area contributed by atoms with Gasteiger partial charge in [-0.2, -0.15) is 0 Å². The molecule has 0 aliphatic heterocycles. The maximum absolute atomic E-state index is 11.0. The molecule has 0 saturated carbocycles. The van der Waals surface area contributed by atoms with Gasteiger partial charge in [0.1, 0.15) is 5.82 Å². The van der Waals surface area contributed by atoms with Crippen LogP contribution in [0.4, 0.5) is 11.5 Å². The molecule has 1 unspecified atom stereocenters. The summed E-state index contributed by atoms with van der Waals surface area (Å²) in [4.78, 5) is 15.1. The molecule has 0 spiro atoms. The molecular weight excluding hydrogens is 246 g/mol. The fourth-order valence-corrected chi connectivity index (χ4v) is 1.60. The molecule has 0 amide bonds. The van der Waals surface area contributed by atoms with E-state index >= 15 is 0 Å². The summed E-state index contributed by atoms with van der Waals surface area (Å²) in [6.45, 7) is 7.17. The van der Waals surface area contributed by atoms with Gasteiger partial charge in [-0.05, 0) is 18.9 Å². The van der Waals surface area contributed by atoms with Crippen molar-refractivity contribution < 1.29 is 14.6 Å². The third-order valence-corrected chi connectivity index (χ3v) is 2.85. The van der Waals surface area contributed by atoms with E-state index in [-0.39, 0.29) is 17.3 Å². The molecule has 0 radical (unpaired) electrons. The molecule has 0 aromatic carbocycles. The monoisotopic (exact) mass is 267 g/mol. The maximum Gasteiger partial charge on any atom is 0.337 e. The van der Waals surface area contributed by atoms with E-state index in [2.05, 4.69) is 10.3 Å². The number of aromatic nitrogens is 1. The van der Waals surface area contributed by atoms with Crippen molar-refractivity contribution in [2.45, 2.75) is 26.8 Å². The summed E-state index contributed by atoms with van der Waals surface area (Å²) in [5, 5.41) is 12.2. The number of anilines is 2. The van der Waals surface area contributed by atoms with Crippen molar-refractivity contribution in [1.82, 2.24) is 4.98 Å². The summed E-state index contributed by atoms with van der Waals surface area (Å²) in [5.74, 6) is -0.367. The number of carboxylic acids is 1. The lowest BCUT2D eigenvalue weighted by molar-refractivity contribution is 0.0698. The smallest absolute Gasteiger partial charge is 0.337 e. The average molecular weight is 267 g/mol. The molecule has 19 heavy (non-hydrogen) atoms. The summed E-state index contributed by atoms with van der Waals surface area (Å²) in [7, 11) is 0. The number of hydrogen-bond donors (Lipinski definition) is 3. The zero-order valence-corrected chi connectivity index (χ0v) is 11.5. The number of carbonyl (C=O) groups is 1. The van der Waals surface area contributed by atoms with Crippen LogP contribution in [0.15, 0.2) is 12.3 Å². The molecule has 1 aromatic heterocycles. The van der Waals surface area contributed by atoms with Gasteiger partial charge < -0.3 is 20.9 Å². The Balaban J connectivity index is 2.90. The Morgan fingerprint density at radius 1 is 1.58 bits per heavy atom. The van der Waals surface area contributed by atoms with Crippen molar-refractivity contribution in [3.8, 4) is 0 Å². The van der Waals surface area contributed by atoms with Gasteiger partial charge in [0.25, 0.3) is 0 Å². The Hall–Kier alpha value is -1.82. The molecule has 6 heteroatoms. The van der Waals surface area contributed by atoms with Gasteiger partial charge >= 0.3 is 5.97 Å². The Morgan fingerprint density at radius 2 is 2.26 bits per heavy atom. The van der Waals surface area contributed by atoms with Gasteiger partial charge in [0.05, 0.1) is 23.9 Å². The van der Waals surface area contributed by atoms with Gasteiger partial charge in [0, 0.05) is 12.8 Å². The van der Waals surface area contributed by atoms with Gasteiger partial charge in [-0.25, -0.2) is 9.78 Å². The number of nitrogen functional groups attached to an aromatic ring is 1. The normalized spacial score (nSPS) is 12.4. The lowest BCUT2D eigenvalue weighted by atomic mass is 10.1. The fraction of sp³-hybridized carbons (Fsp3) is 0.538. The quantitative estimate of drug-likeness (QED) is 0.697. The number of aromatic carboxylic acids is 1. The summed E-state index contributed by atoms with van der Waals surface area (Å²) in [5.41, 5.74) is 6.02. The Labute approximate surface area is 113 Å². The van der Waals surface area contributed by atoms with Gasteiger partial charge in [0.2, 0.25) is 0 Å². The first-order valence-electron chi connectivity index (χ1n) is 6.29. The van der Waals surface area contributed by atoms with Crippen molar-refractivity contribution in [2.24, 2.45) is 5.92 Å². The minimum absolute atomic E-state index is 0.0267. The first kappa shape index (κ1) is 15.2. The number of nitrogens with one attached hydrogen (secondary N) is 1. The highest BCUT2D eigenvalue weighted by atomic mass is 16.5. The maximum atomic E-state index is 11.0. The van der Waals surface area contributed by atoms with E-state index in [0.29, 0.717) is 24.9 Å². The van der Waals surface area contributed by atoms with E-state index in [1.807, 2.05) is 20.8 Å². The number of nitrogens with zero attached hydrogens (tertiary/aromatic N) is 1. The van der Waals surface area contributed by atoms with Crippen molar-refractivity contribution in [1.29, 1.82) is 0 Å². The number of carboxylic acid groups (broad SMARTS) is 1. The topological polar surface area (TPSA) is 97.5 Å². The predicted octanol–water partition coefficient (Wildman–Crippen LogP) is 1.83. The molecule has 0 aliphatic carbocycles. The van der Waals surface area contributed by atoms with E-state index in [9.17, 15) is 4.79 Å². The molecular formula is C13H21N3O3. The van der Waals surface area contributed by atoms with Crippen LogP contribution in [0, 0.1) is 5.92 Å². The lowest BCUT2D eigenvalue weighted by Crippen LogP contribution is -2.32. The molecule has 0 bridgehead atoms. The second-order valence-corrected chi connectivity index (χ2v) is 4.58. The number of hydrogen-bond acceptors (Lipinski definition) is 5. The van der Waals surface area contributed by atoms with Crippen LogP contribution in [0.3, 0.4) is 0 Å². The van der Waals surface area contributed by atoms with Crippen molar-refractivity contribution in [2.75, 3.05) is 24.3 Å². The SMILES string of the molecule is CCOCC(Nc1nccc(C(=O)O)c1N)C(C)C. The lowest BCUT2D eigenvalue weighted by Gasteiger charge is -2.23. The van der Waals surface area contributed by atoms with Crippen LogP contribution in [0.2, 0.25) is 0 Å². The highest BCUT2D eigenvalue weighted by Crippen LogP contribution is 2.22. The molecule has 0 saturated heterocycles. The van der Waals surface area contributed by atoms with Gasteiger partial charge in [-0.1, -0.05) is 13.8 Å². The van der Waals surface area contributed by atoms with E-state index in [4.69, 9.17) is 15.6 Å². The van der Waals surface area contributed by atoms with Crippen LogP contribution in [0.25, 0.3) is 0 Å². The van der Waals surface area contributed by atoms with Crippen LogP contribution in [-0.2, 0) is 4.74 Å². The molecule has 6 nitrogen and oxygen atoms in total. The molecule has 106 valence electrons. The minimum Gasteiger partial charge on any atom is -0.478 e. The van der Waals surface area contributed by atoms with Crippen LogP contribution in [0.5, 0.6) is 0 Å². The Morgan fingerprint density at radius 3 is 2.79 bits per heavy atom. The van der Waals surface area contributed by atoms with Crippen LogP contribution >= 0.6 is 0 Å². The Kier molecular flexibility index (Phi) is 5.57. The molecule has 0 aliphatic rings. The zero-order valence-electron chi connectivity index (χ0n) is 11.5. The molecule has 1 heterocycles. The van der Waals surface area contributed by atoms with E-state index in [0.717, 1.165) is 0 Å². The molecule has 1 atom stereocenters. The molecule has 1 rings (SSSR count). The third kappa shape index (κ3) is 4.10. The summed E-state index contributed by atoms with van der Waals surface area (Å²) in [6.07, 6.45) is 1.43. The van der Waals surface area contributed by atoms with Gasteiger partial charge in [-0.3, -0.25) is 0 Å². The van der Waals surface area contributed by atoms with Crippen molar-refractivity contribution in [3.05, 3.63) is 17.8 Å². The molecule has 4 N–H and O–H groups in total. The number of rotatable bonds is 7. The van der Waals surface area contributed by atoms with E-state index in [1.165, 1.54) is 12.3 Å². The second kappa shape index (κ2) is 6.94. The summed E-state index contributed by atoms with van der Waals surface area (Å²) in [6, 6.07) is 1.41. The van der Waals surface area contributed by atoms with E-state index < -0.39 is 5.97 Å². The average Bonchev–Trinajstić information content (AvgIpc) is 2.35. The first-order valence-corrected chi connectivity index (χ1v) is 6.29. The van der Waals surface area contributed by atoms with E-state index in [1.54, 1.807) is 0 Å². The second-order valence-electron chi connectivity index (χ2n) is 4.58. The largest absolute Gasteiger partial charge is 0.478 e. The Bertz CT molecular complexity index is 435.